The molecule has 0 saturated carbocycles. The number of hydrogen-bond donors (Lipinski definition) is 6. The van der Waals surface area contributed by atoms with E-state index in [1.165, 1.54) is 37.6 Å². The number of likely N-dealkylation sites (tertiary alicyclic amines) is 2. The molecule has 87 heavy (non-hydrogen) atoms. The fourth-order valence-electron chi connectivity index (χ4n) is 10.7. The van der Waals surface area contributed by atoms with Gasteiger partial charge in [0.25, 0.3) is 0 Å². The van der Waals surface area contributed by atoms with E-state index in [1.54, 1.807) is 58.3 Å². The zero-order valence-electron chi connectivity index (χ0n) is 48.6. The predicted molar refractivity (Wildman–Crippen MR) is 323 cm³/mol. The number of rotatable bonds is 22. The van der Waals surface area contributed by atoms with Gasteiger partial charge in [0.15, 0.2) is 0 Å². The number of benzene rings is 4. The van der Waals surface area contributed by atoms with Crippen molar-refractivity contribution in [2.24, 2.45) is 15.9 Å². The van der Waals surface area contributed by atoms with Crippen LogP contribution >= 0.6 is 0 Å². The lowest BCUT2D eigenvalue weighted by Gasteiger charge is -2.28. The Hall–Kier alpha value is -8.79. The molecule has 27 heteroatoms. The van der Waals surface area contributed by atoms with Gasteiger partial charge in [-0.3, -0.25) is 14.6 Å². The second kappa shape index (κ2) is 27.7. The number of sulfonamides is 2. The van der Waals surface area contributed by atoms with Gasteiger partial charge < -0.3 is 50.0 Å². The number of anilines is 4. The molecule has 460 valence electrons. The molecule has 4 aliphatic rings. The van der Waals surface area contributed by atoms with Crippen LogP contribution in [0, 0.1) is 19.8 Å². The molecule has 7 unspecified atom stereocenters. The Morgan fingerprint density at radius 2 is 1.24 bits per heavy atom. The number of methoxy groups -OCH3 is 1. The first-order chi connectivity index (χ1) is 41.6. The number of nitrogens with zero attached hydrogens (tertiary/aromatic N) is 5. The second-order valence-electron chi connectivity index (χ2n) is 21.7. The van der Waals surface area contributed by atoms with Crippen molar-refractivity contribution < 1.29 is 64.6 Å². The normalized spacial score (nSPS) is 19.8. The van der Waals surface area contributed by atoms with Gasteiger partial charge in [-0.25, -0.2) is 50.7 Å². The number of para-hydroxylation sites is 2. The van der Waals surface area contributed by atoms with Crippen molar-refractivity contribution in [2.45, 2.75) is 107 Å². The lowest BCUT2D eigenvalue weighted by Crippen LogP contribution is -2.49. The molecule has 9 rings (SSSR count). The molecule has 4 aliphatic heterocycles. The number of nitrogens with one attached hydrogen (secondary N) is 6. The Labute approximate surface area is 504 Å². The van der Waals surface area contributed by atoms with Gasteiger partial charge in [0.05, 0.1) is 61.8 Å². The van der Waals surface area contributed by atoms with Crippen LogP contribution in [0.3, 0.4) is 0 Å². The summed E-state index contributed by atoms with van der Waals surface area (Å²) in [4.78, 5) is 98.2. The molecule has 4 aromatic carbocycles. The predicted octanol–water partition coefficient (Wildman–Crippen LogP) is 5.72. The van der Waals surface area contributed by atoms with Crippen LogP contribution in [-0.2, 0) is 66.3 Å². The molecular weight excluding hydrogens is 1160 g/mol. The molecule has 5 heterocycles. The number of ether oxygens (including phenoxy) is 4. The van der Waals surface area contributed by atoms with Crippen LogP contribution in [0.4, 0.5) is 32.3 Å². The number of aliphatic imine (C=N–C) groups is 2. The number of pyridine rings is 1. The van der Waals surface area contributed by atoms with Crippen LogP contribution in [0.25, 0.3) is 0 Å². The smallest absolute Gasteiger partial charge is 0.332 e. The van der Waals surface area contributed by atoms with E-state index in [-0.39, 0.29) is 66.8 Å². The van der Waals surface area contributed by atoms with E-state index in [0.29, 0.717) is 72.1 Å². The summed E-state index contributed by atoms with van der Waals surface area (Å²) in [5.41, 5.74) is 4.92. The van der Waals surface area contributed by atoms with Crippen molar-refractivity contribution in [3.63, 3.8) is 0 Å². The summed E-state index contributed by atoms with van der Waals surface area (Å²) in [6.07, 6.45) is 1.22. The zero-order valence-corrected chi connectivity index (χ0v) is 50.2. The number of carbonyl (C=O) groups is 6. The highest BCUT2D eigenvalue weighted by Gasteiger charge is 2.44. The van der Waals surface area contributed by atoms with Crippen LogP contribution in [0.2, 0.25) is 0 Å². The molecule has 0 radical (unpaired) electrons. The number of urea groups is 2. The van der Waals surface area contributed by atoms with Crippen LogP contribution < -0.4 is 35.4 Å². The van der Waals surface area contributed by atoms with E-state index in [2.05, 4.69) is 45.7 Å². The van der Waals surface area contributed by atoms with Gasteiger partial charge in [0.2, 0.25) is 43.7 Å². The van der Waals surface area contributed by atoms with Crippen molar-refractivity contribution >= 4 is 90.4 Å². The minimum atomic E-state index is -4.46. The first-order valence-electron chi connectivity index (χ1n) is 28.3. The standard InChI is InChI=1S/C60H69N11O14S2/c1-36-14-9-11-18-45(36)65-59(76)64-41-23-22-40(61-33-41)30-53(73)71-27-25-38(3)54(71)56-63-35-43(84-56)31-48(68-86(5,78)79)57(74)85-58(75)49(69-87(80,81)44-16-7-6-8-17-44)32-42-34-62-55(83-42)50-20-13-26-70(50)52(72)29-39-21-24-47(51(28-39)82-4)67-60(77)66-46-19-12-10-15-37(46)2/h6-12,14-19,21-24,28,33,38,42-43,48-50,54,68-69H,13,20,25-27,29-32,34-35H2,1-5H3,(H2,64,65,76)(H2,66,67,77). The van der Waals surface area contributed by atoms with Gasteiger partial charge in [-0.15, -0.1) is 0 Å². The van der Waals surface area contributed by atoms with Crippen LogP contribution in [0.15, 0.2) is 130 Å². The maximum atomic E-state index is 14.2. The minimum absolute atomic E-state index is 0.0349. The Morgan fingerprint density at radius 1 is 0.655 bits per heavy atom. The molecular formula is C60H69N11O14S2. The van der Waals surface area contributed by atoms with E-state index in [9.17, 15) is 45.6 Å². The maximum Gasteiger partial charge on any atom is 0.332 e. The molecule has 25 nitrogen and oxygen atoms in total. The highest BCUT2D eigenvalue weighted by molar-refractivity contribution is 7.89. The topological polar surface area (TPSA) is 324 Å². The summed E-state index contributed by atoms with van der Waals surface area (Å²) in [5.74, 6) is -2.60. The largest absolute Gasteiger partial charge is 0.495 e. The number of amides is 6. The average Bonchev–Trinajstić information content (AvgIpc) is 2.22. The molecule has 6 amide bonds. The third-order valence-corrected chi connectivity index (χ3v) is 17.4. The van der Waals surface area contributed by atoms with E-state index >= 15 is 0 Å². The van der Waals surface area contributed by atoms with Gasteiger partial charge in [0, 0.05) is 43.0 Å². The van der Waals surface area contributed by atoms with Gasteiger partial charge in [-0.1, -0.05) is 67.6 Å². The summed E-state index contributed by atoms with van der Waals surface area (Å²) < 4.78 is 81.1. The molecule has 0 spiro atoms. The Kier molecular flexibility index (Phi) is 20.0. The third kappa shape index (κ3) is 16.4. The lowest BCUT2D eigenvalue weighted by molar-refractivity contribution is -0.163. The first kappa shape index (κ1) is 62.7. The molecule has 6 N–H and O–H groups in total. The highest BCUT2D eigenvalue weighted by Crippen LogP contribution is 2.32. The van der Waals surface area contributed by atoms with Crippen molar-refractivity contribution in [1.29, 1.82) is 0 Å². The van der Waals surface area contributed by atoms with Gasteiger partial charge in [-0.2, -0.15) is 4.72 Å². The van der Waals surface area contributed by atoms with Gasteiger partial charge in [0.1, 0.15) is 42.1 Å². The Bertz CT molecular complexity index is 3680. The molecule has 1 aromatic heterocycles. The van der Waals surface area contributed by atoms with Crippen molar-refractivity contribution in [2.75, 3.05) is 60.8 Å². The molecule has 0 aliphatic carbocycles. The Morgan fingerprint density at radius 3 is 1.86 bits per heavy atom. The van der Waals surface area contributed by atoms with Crippen LogP contribution in [-0.4, -0.2) is 155 Å². The Balaban J connectivity index is 0.809. The average molecular weight is 1230 g/mol. The summed E-state index contributed by atoms with van der Waals surface area (Å²) >= 11 is 0. The summed E-state index contributed by atoms with van der Waals surface area (Å²) in [7, 11) is -7.16. The maximum absolute atomic E-state index is 14.2. The fraction of sp³-hybridized carbons (Fsp3) is 0.383. The number of aryl methyl sites for hydroxylation is 2. The van der Waals surface area contributed by atoms with Crippen molar-refractivity contribution in [3.05, 3.63) is 138 Å². The van der Waals surface area contributed by atoms with Crippen LogP contribution in [0.5, 0.6) is 5.75 Å². The third-order valence-electron chi connectivity index (χ3n) is 15.2. The summed E-state index contributed by atoms with van der Waals surface area (Å²) in [6, 6.07) is 24.5. The quantitative estimate of drug-likeness (QED) is 0.0357. The number of hydrogen-bond acceptors (Lipinski definition) is 17. The van der Waals surface area contributed by atoms with E-state index in [0.717, 1.165) is 17.4 Å². The molecule has 5 aromatic rings. The number of carbonyl (C=O) groups excluding carboxylic acids is 6. The lowest BCUT2D eigenvalue weighted by atomic mass is 10.0. The van der Waals surface area contributed by atoms with E-state index in [1.807, 2.05) is 57.2 Å². The molecule has 7 atom stereocenters. The molecule has 0 bridgehead atoms. The highest BCUT2D eigenvalue weighted by atomic mass is 32.2. The number of aromatic nitrogens is 1. The van der Waals surface area contributed by atoms with E-state index in [4.69, 9.17) is 18.9 Å². The van der Waals surface area contributed by atoms with Gasteiger partial charge >= 0.3 is 24.0 Å². The van der Waals surface area contributed by atoms with E-state index < -0.39 is 86.8 Å². The van der Waals surface area contributed by atoms with Gasteiger partial charge in [-0.05, 0) is 104 Å². The first-order valence-corrected chi connectivity index (χ1v) is 31.7. The number of esters is 2. The second-order valence-corrected chi connectivity index (χ2v) is 25.2. The molecule has 2 fully saturated rings. The zero-order chi connectivity index (χ0) is 62.0. The monoisotopic (exact) mass is 1230 g/mol. The van der Waals surface area contributed by atoms with Crippen LogP contribution in [0.1, 0.15) is 61.4 Å². The SMILES string of the molecule is COc1cc(CC(=O)N2CCCC2C2=NCC(CC(NS(=O)(=O)c3ccccc3)C(=O)OC(=O)C(CC3CN=C(C4C(C)CCN4C(=O)Cc4ccc(NC(=O)Nc5ccccc5C)cn4)O3)NS(C)(=O)=O)O2)ccc1NC(=O)Nc1ccccc1C. The van der Waals surface area contributed by atoms with Crippen molar-refractivity contribution in [1.82, 2.24) is 24.2 Å². The van der Waals surface area contributed by atoms with Crippen molar-refractivity contribution in [3.8, 4) is 5.75 Å². The summed E-state index contributed by atoms with van der Waals surface area (Å²) in [6.45, 7) is 6.34. The molecule has 2 saturated heterocycles. The minimum Gasteiger partial charge on any atom is -0.495 e. The summed E-state index contributed by atoms with van der Waals surface area (Å²) in [5, 5.41) is 11.1. The fourth-order valence-corrected chi connectivity index (χ4v) is 12.7.